The van der Waals surface area contributed by atoms with E-state index in [1.807, 2.05) is 7.05 Å². The number of nitrogens with one attached hydrogen (secondary N) is 1. The van der Waals surface area contributed by atoms with Gasteiger partial charge in [0, 0.05) is 20.5 Å². The minimum atomic E-state index is 0.168. The van der Waals surface area contributed by atoms with Gasteiger partial charge in [-0.2, -0.15) is 0 Å². The molecule has 3 heteroatoms. The number of carbonyl (C=O) groups excluding carboxylic acids is 1. The van der Waals surface area contributed by atoms with E-state index in [9.17, 15) is 4.79 Å². The van der Waals surface area contributed by atoms with Crippen molar-refractivity contribution in [3.63, 3.8) is 0 Å². The number of carbonyl (C=O) groups is 1. The normalized spacial score (nSPS) is 17.2. The third-order valence-electron chi connectivity index (χ3n) is 2.51. The van der Waals surface area contributed by atoms with Crippen molar-refractivity contribution in [2.75, 3.05) is 26.7 Å². The lowest BCUT2D eigenvalue weighted by molar-refractivity contribution is -0.127. The fourth-order valence-electron chi connectivity index (χ4n) is 1.33. The van der Waals surface area contributed by atoms with Crippen LogP contribution in [0.25, 0.3) is 0 Å². The van der Waals surface area contributed by atoms with Crippen molar-refractivity contribution in [1.29, 1.82) is 0 Å². The third kappa shape index (κ3) is 2.81. The molecular weight excluding hydrogens is 152 g/mol. The Bertz CT molecular complexity index is 155. The maximum absolute atomic E-state index is 10.8. The first-order chi connectivity index (χ1) is 5.70. The summed E-state index contributed by atoms with van der Waals surface area (Å²) in [5, 5.41) is 3.24. The first-order valence-corrected chi connectivity index (χ1v) is 4.62. The standard InChI is InChI=1S/C9H18N2O/c1-8(12)11(2)5-3-4-9-6-10-7-9/h9-10H,3-7H2,1-2H3. The molecule has 0 spiro atoms. The monoisotopic (exact) mass is 170 g/mol. The molecule has 0 aromatic rings. The first-order valence-electron chi connectivity index (χ1n) is 4.62. The Morgan fingerprint density at radius 2 is 2.25 bits per heavy atom. The SMILES string of the molecule is CC(=O)N(C)CCCC1CNC1. The maximum Gasteiger partial charge on any atom is 0.219 e. The molecule has 0 radical (unpaired) electrons. The van der Waals surface area contributed by atoms with Crippen LogP contribution >= 0.6 is 0 Å². The van der Waals surface area contributed by atoms with Crippen LogP contribution in [0.15, 0.2) is 0 Å². The molecule has 0 saturated carbocycles. The molecule has 1 fully saturated rings. The summed E-state index contributed by atoms with van der Waals surface area (Å²) in [5.74, 6) is 1.03. The molecule has 1 rings (SSSR count). The van der Waals surface area contributed by atoms with Crippen molar-refractivity contribution in [3.05, 3.63) is 0 Å². The number of hydrogen-bond donors (Lipinski definition) is 1. The number of rotatable bonds is 4. The van der Waals surface area contributed by atoms with Crippen LogP contribution in [0.3, 0.4) is 0 Å². The molecule has 12 heavy (non-hydrogen) atoms. The van der Waals surface area contributed by atoms with Crippen LogP contribution in [0, 0.1) is 5.92 Å². The molecule has 0 aromatic heterocycles. The van der Waals surface area contributed by atoms with Crippen LogP contribution in [0.2, 0.25) is 0 Å². The highest BCUT2D eigenvalue weighted by Crippen LogP contribution is 2.10. The van der Waals surface area contributed by atoms with E-state index in [-0.39, 0.29) is 5.91 Å². The average molecular weight is 170 g/mol. The molecule has 0 atom stereocenters. The Hall–Kier alpha value is -0.570. The summed E-state index contributed by atoms with van der Waals surface area (Å²) in [5.41, 5.74) is 0. The van der Waals surface area contributed by atoms with Crippen LogP contribution < -0.4 is 5.32 Å². The molecule has 1 heterocycles. The molecule has 0 unspecified atom stereocenters. The second-order valence-electron chi connectivity index (χ2n) is 3.61. The Balaban J connectivity index is 1.97. The Morgan fingerprint density at radius 1 is 1.58 bits per heavy atom. The highest BCUT2D eigenvalue weighted by molar-refractivity contribution is 5.72. The van der Waals surface area contributed by atoms with Crippen molar-refractivity contribution in [3.8, 4) is 0 Å². The van der Waals surface area contributed by atoms with Crippen LogP contribution in [0.5, 0.6) is 0 Å². The number of amides is 1. The summed E-state index contributed by atoms with van der Waals surface area (Å²) in [6, 6.07) is 0. The van der Waals surface area contributed by atoms with Gasteiger partial charge in [0.2, 0.25) is 5.91 Å². The minimum absolute atomic E-state index is 0.168. The quantitative estimate of drug-likeness (QED) is 0.665. The molecule has 0 aromatic carbocycles. The Kier molecular flexibility index (Phi) is 3.53. The fourth-order valence-corrected chi connectivity index (χ4v) is 1.33. The molecule has 1 amide bonds. The van der Waals surface area contributed by atoms with E-state index >= 15 is 0 Å². The van der Waals surface area contributed by atoms with E-state index in [4.69, 9.17) is 0 Å². The first kappa shape index (κ1) is 9.52. The van der Waals surface area contributed by atoms with Gasteiger partial charge < -0.3 is 10.2 Å². The molecule has 0 bridgehead atoms. The Morgan fingerprint density at radius 3 is 2.67 bits per heavy atom. The topological polar surface area (TPSA) is 32.3 Å². The molecule has 1 saturated heterocycles. The van der Waals surface area contributed by atoms with Gasteiger partial charge in [-0.05, 0) is 31.8 Å². The van der Waals surface area contributed by atoms with E-state index in [2.05, 4.69) is 5.32 Å². The molecular formula is C9H18N2O. The molecule has 1 aliphatic rings. The van der Waals surface area contributed by atoms with Gasteiger partial charge in [-0.15, -0.1) is 0 Å². The molecule has 3 nitrogen and oxygen atoms in total. The second kappa shape index (κ2) is 4.45. The lowest BCUT2D eigenvalue weighted by atomic mass is 9.97. The third-order valence-corrected chi connectivity index (χ3v) is 2.51. The Labute approximate surface area is 74.1 Å². The van der Waals surface area contributed by atoms with E-state index in [1.54, 1.807) is 11.8 Å². The van der Waals surface area contributed by atoms with Crippen LogP contribution in [-0.2, 0) is 4.79 Å². The molecule has 1 aliphatic heterocycles. The van der Waals surface area contributed by atoms with Crippen molar-refractivity contribution < 1.29 is 4.79 Å². The van der Waals surface area contributed by atoms with Gasteiger partial charge in [0.05, 0.1) is 0 Å². The predicted molar refractivity (Wildman–Crippen MR) is 48.9 cm³/mol. The van der Waals surface area contributed by atoms with Gasteiger partial charge in [-0.3, -0.25) is 4.79 Å². The second-order valence-corrected chi connectivity index (χ2v) is 3.61. The van der Waals surface area contributed by atoms with Gasteiger partial charge >= 0.3 is 0 Å². The zero-order chi connectivity index (χ0) is 8.97. The summed E-state index contributed by atoms with van der Waals surface area (Å²) in [4.78, 5) is 12.6. The lowest BCUT2D eigenvalue weighted by Crippen LogP contribution is -2.42. The highest BCUT2D eigenvalue weighted by Gasteiger charge is 2.15. The van der Waals surface area contributed by atoms with Gasteiger partial charge in [-0.1, -0.05) is 0 Å². The summed E-state index contributed by atoms with van der Waals surface area (Å²) in [6.07, 6.45) is 2.40. The molecule has 70 valence electrons. The van der Waals surface area contributed by atoms with Gasteiger partial charge in [-0.25, -0.2) is 0 Å². The van der Waals surface area contributed by atoms with Crippen LogP contribution in [-0.4, -0.2) is 37.5 Å². The number of hydrogen-bond acceptors (Lipinski definition) is 2. The largest absolute Gasteiger partial charge is 0.346 e. The smallest absolute Gasteiger partial charge is 0.219 e. The van der Waals surface area contributed by atoms with Gasteiger partial charge in [0.1, 0.15) is 0 Å². The summed E-state index contributed by atoms with van der Waals surface area (Å²) in [6.45, 7) is 4.87. The van der Waals surface area contributed by atoms with Crippen molar-refractivity contribution in [2.45, 2.75) is 19.8 Å². The van der Waals surface area contributed by atoms with Gasteiger partial charge in [0.15, 0.2) is 0 Å². The molecule has 0 aliphatic carbocycles. The van der Waals surface area contributed by atoms with E-state index in [0.29, 0.717) is 0 Å². The zero-order valence-electron chi connectivity index (χ0n) is 7.97. The summed E-state index contributed by atoms with van der Waals surface area (Å²) >= 11 is 0. The van der Waals surface area contributed by atoms with E-state index < -0.39 is 0 Å². The highest BCUT2D eigenvalue weighted by atomic mass is 16.2. The zero-order valence-corrected chi connectivity index (χ0v) is 7.97. The average Bonchev–Trinajstić information content (AvgIpc) is 1.93. The van der Waals surface area contributed by atoms with E-state index in [0.717, 1.165) is 18.9 Å². The predicted octanol–water partition coefficient (Wildman–Crippen LogP) is 0.464. The fraction of sp³-hybridized carbons (Fsp3) is 0.889. The van der Waals surface area contributed by atoms with Crippen molar-refractivity contribution in [2.24, 2.45) is 5.92 Å². The maximum atomic E-state index is 10.8. The molecule has 1 N–H and O–H groups in total. The van der Waals surface area contributed by atoms with Crippen LogP contribution in [0.4, 0.5) is 0 Å². The van der Waals surface area contributed by atoms with E-state index in [1.165, 1.54) is 19.5 Å². The minimum Gasteiger partial charge on any atom is -0.346 e. The lowest BCUT2D eigenvalue weighted by Gasteiger charge is -2.27. The number of nitrogens with zero attached hydrogens (tertiary/aromatic N) is 1. The van der Waals surface area contributed by atoms with Crippen molar-refractivity contribution >= 4 is 5.91 Å². The van der Waals surface area contributed by atoms with Crippen molar-refractivity contribution in [1.82, 2.24) is 10.2 Å². The van der Waals surface area contributed by atoms with Gasteiger partial charge in [0.25, 0.3) is 0 Å². The summed E-state index contributed by atoms with van der Waals surface area (Å²) < 4.78 is 0. The summed E-state index contributed by atoms with van der Waals surface area (Å²) in [7, 11) is 1.86. The van der Waals surface area contributed by atoms with Crippen LogP contribution in [0.1, 0.15) is 19.8 Å².